The van der Waals surface area contributed by atoms with Crippen LogP contribution in [0.2, 0.25) is 0 Å². The molecule has 0 amide bonds. The molecule has 0 bridgehead atoms. The van der Waals surface area contributed by atoms with Crippen LogP contribution in [0.4, 0.5) is 0 Å². The summed E-state index contributed by atoms with van der Waals surface area (Å²) in [6.45, 7) is 11.7. The number of hydrogen-bond acceptors (Lipinski definition) is 4. The van der Waals surface area contributed by atoms with E-state index in [1.807, 2.05) is 0 Å². The number of piperazine rings is 1. The molecular weight excluding hydrogens is 212 g/mol. The highest BCUT2D eigenvalue weighted by atomic mass is 15.3. The zero-order valence-corrected chi connectivity index (χ0v) is 11.3. The molecule has 17 heavy (non-hydrogen) atoms. The van der Waals surface area contributed by atoms with Crippen molar-refractivity contribution in [3.8, 4) is 0 Å². The fourth-order valence-electron chi connectivity index (χ4n) is 3.52. The van der Waals surface area contributed by atoms with Crippen LogP contribution in [0.1, 0.15) is 0 Å². The van der Waals surface area contributed by atoms with E-state index in [9.17, 15) is 0 Å². The van der Waals surface area contributed by atoms with Gasteiger partial charge in [0.05, 0.1) is 0 Å². The Morgan fingerprint density at radius 1 is 0.824 bits per heavy atom. The highest BCUT2D eigenvalue weighted by Gasteiger charge is 2.32. The second-order valence-electron chi connectivity index (χ2n) is 6.30. The van der Waals surface area contributed by atoms with Crippen molar-refractivity contribution in [1.82, 2.24) is 19.6 Å². The molecule has 3 rings (SSSR count). The monoisotopic (exact) mass is 238 g/mol. The van der Waals surface area contributed by atoms with Gasteiger partial charge in [0, 0.05) is 64.9 Å². The molecule has 0 unspecified atom stereocenters. The Morgan fingerprint density at radius 2 is 1.41 bits per heavy atom. The Balaban J connectivity index is 1.36. The average Bonchev–Trinajstić information content (AvgIpc) is 2.24. The normalized spacial score (nSPS) is 31.4. The van der Waals surface area contributed by atoms with Gasteiger partial charge in [-0.1, -0.05) is 0 Å². The second kappa shape index (κ2) is 4.84. The molecule has 0 aliphatic carbocycles. The van der Waals surface area contributed by atoms with Crippen LogP contribution in [-0.2, 0) is 0 Å². The number of likely N-dealkylation sites (tertiary alicyclic amines) is 2. The third-order valence-electron chi connectivity index (χ3n) is 4.62. The lowest BCUT2D eigenvalue weighted by molar-refractivity contribution is 0.00518. The lowest BCUT2D eigenvalue weighted by Crippen LogP contribution is -2.62. The summed E-state index contributed by atoms with van der Waals surface area (Å²) in [5, 5.41) is 0. The number of likely N-dealkylation sites (N-methyl/N-ethyl adjacent to an activating group) is 1. The van der Waals surface area contributed by atoms with Crippen molar-refractivity contribution in [1.29, 1.82) is 0 Å². The SMILES string of the molecule is CN1CC(CN2CCN(C3CN(C)C3)CC2)C1. The van der Waals surface area contributed by atoms with E-state index in [1.165, 1.54) is 58.9 Å². The molecule has 3 aliphatic rings. The summed E-state index contributed by atoms with van der Waals surface area (Å²) in [5.41, 5.74) is 0. The third kappa shape index (κ3) is 2.65. The summed E-state index contributed by atoms with van der Waals surface area (Å²) in [6.07, 6.45) is 0. The minimum absolute atomic E-state index is 0.858. The lowest BCUT2D eigenvalue weighted by Gasteiger charge is -2.48. The molecule has 0 N–H and O–H groups in total. The van der Waals surface area contributed by atoms with Crippen LogP contribution in [0.3, 0.4) is 0 Å². The Hall–Kier alpha value is -0.160. The molecular formula is C13H26N4. The molecule has 0 aromatic rings. The molecule has 3 saturated heterocycles. The molecule has 4 heteroatoms. The molecule has 0 saturated carbocycles. The van der Waals surface area contributed by atoms with Crippen LogP contribution < -0.4 is 0 Å². The third-order valence-corrected chi connectivity index (χ3v) is 4.62. The highest BCUT2D eigenvalue weighted by Crippen LogP contribution is 2.18. The van der Waals surface area contributed by atoms with E-state index in [0.29, 0.717) is 0 Å². The van der Waals surface area contributed by atoms with Crippen molar-refractivity contribution in [2.45, 2.75) is 6.04 Å². The van der Waals surface area contributed by atoms with E-state index in [-0.39, 0.29) is 0 Å². The summed E-state index contributed by atoms with van der Waals surface area (Å²) in [5.74, 6) is 0.946. The van der Waals surface area contributed by atoms with Gasteiger partial charge in [-0.3, -0.25) is 4.90 Å². The molecule has 4 nitrogen and oxygen atoms in total. The predicted molar refractivity (Wildman–Crippen MR) is 70.3 cm³/mol. The molecule has 0 aromatic carbocycles. The zero-order valence-electron chi connectivity index (χ0n) is 11.3. The Morgan fingerprint density at radius 3 is 1.94 bits per heavy atom. The van der Waals surface area contributed by atoms with Gasteiger partial charge in [0.1, 0.15) is 0 Å². The quantitative estimate of drug-likeness (QED) is 0.656. The molecule has 0 radical (unpaired) electrons. The van der Waals surface area contributed by atoms with Crippen LogP contribution in [0.5, 0.6) is 0 Å². The summed E-state index contributed by atoms with van der Waals surface area (Å²) < 4.78 is 0. The zero-order chi connectivity index (χ0) is 11.8. The Labute approximate surface area is 105 Å². The molecule has 0 atom stereocenters. The van der Waals surface area contributed by atoms with Gasteiger partial charge < -0.3 is 14.7 Å². The van der Waals surface area contributed by atoms with E-state index >= 15 is 0 Å². The van der Waals surface area contributed by atoms with Gasteiger partial charge in [-0.25, -0.2) is 0 Å². The van der Waals surface area contributed by atoms with Crippen LogP contribution >= 0.6 is 0 Å². The molecule has 3 aliphatic heterocycles. The maximum absolute atomic E-state index is 2.70. The fourth-order valence-corrected chi connectivity index (χ4v) is 3.52. The average molecular weight is 238 g/mol. The summed E-state index contributed by atoms with van der Waals surface area (Å²) >= 11 is 0. The van der Waals surface area contributed by atoms with E-state index in [4.69, 9.17) is 0 Å². The summed E-state index contributed by atoms with van der Waals surface area (Å²) in [7, 11) is 4.45. The largest absolute Gasteiger partial charge is 0.306 e. The molecule has 0 aromatic heterocycles. The second-order valence-corrected chi connectivity index (χ2v) is 6.30. The van der Waals surface area contributed by atoms with Crippen LogP contribution in [0.25, 0.3) is 0 Å². The van der Waals surface area contributed by atoms with E-state index < -0.39 is 0 Å². The minimum Gasteiger partial charge on any atom is -0.306 e. The van der Waals surface area contributed by atoms with E-state index in [2.05, 4.69) is 33.7 Å². The first-order valence-corrected chi connectivity index (χ1v) is 7.04. The number of hydrogen-bond donors (Lipinski definition) is 0. The predicted octanol–water partition coefficient (Wildman–Crippen LogP) is -0.520. The van der Waals surface area contributed by atoms with Crippen LogP contribution in [0.15, 0.2) is 0 Å². The fraction of sp³-hybridized carbons (Fsp3) is 1.00. The summed E-state index contributed by atoms with van der Waals surface area (Å²) in [6, 6.07) is 0.858. The van der Waals surface area contributed by atoms with Gasteiger partial charge in [-0.2, -0.15) is 0 Å². The Bertz CT molecular complexity index is 250. The molecule has 3 fully saturated rings. The Kier molecular flexibility index (Phi) is 3.39. The van der Waals surface area contributed by atoms with Crippen molar-refractivity contribution in [2.24, 2.45) is 5.92 Å². The number of nitrogens with zero attached hydrogens (tertiary/aromatic N) is 4. The highest BCUT2D eigenvalue weighted by molar-refractivity contribution is 4.89. The van der Waals surface area contributed by atoms with Crippen molar-refractivity contribution < 1.29 is 0 Å². The maximum Gasteiger partial charge on any atom is 0.0351 e. The topological polar surface area (TPSA) is 13.0 Å². The van der Waals surface area contributed by atoms with Gasteiger partial charge in [0.25, 0.3) is 0 Å². The maximum atomic E-state index is 2.70. The first kappa shape index (κ1) is 11.9. The van der Waals surface area contributed by atoms with Gasteiger partial charge in [0.15, 0.2) is 0 Å². The van der Waals surface area contributed by atoms with Gasteiger partial charge in [-0.05, 0) is 20.0 Å². The van der Waals surface area contributed by atoms with Crippen molar-refractivity contribution in [3.63, 3.8) is 0 Å². The van der Waals surface area contributed by atoms with E-state index in [0.717, 1.165) is 12.0 Å². The standard InChI is InChI=1S/C13H26N4/c1-14-7-12(8-14)9-16-3-5-17(6-4-16)13-10-15(2)11-13/h12-13H,3-11H2,1-2H3. The van der Waals surface area contributed by atoms with Crippen LogP contribution in [0, 0.1) is 5.92 Å². The lowest BCUT2D eigenvalue weighted by atomic mass is 10.00. The minimum atomic E-state index is 0.858. The molecule has 98 valence electrons. The summed E-state index contributed by atoms with van der Waals surface area (Å²) in [4.78, 5) is 10.2. The van der Waals surface area contributed by atoms with Crippen molar-refractivity contribution in [2.75, 3.05) is 73.0 Å². The van der Waals surface area contributed by atoms with Crippen molar-refractivity contribution >= 4 is 0 Å². The van der Waals surface area contributed by atoms with Gasteiger partial charge >= 0.3 is 0 Å². The van der Waals surface area contributed by atoms with Gasteiger partial charge in [0.2, 0.25) is 0 Å². The first-order chi connectivity index (χ1) is 8.20. The number of rotatable bonds is 3. The molecule has 3 heterocycles. The van der Waals surface area contributed by atoms with Gasteiger partial charge in [-0.15, -0.1) is 0 Å². The van der Waals surface area contributed by atoms with E-state index in [1.54, 1.807) is 0 Å². The van der Waals surface area contributed by atoms with Crippen molar-refractivity contribution in [3.05, 3.63) is 0 Å². The first-order valence-electron chi connectivity index (χ1n) is 7.04. The van der Waals surface area contributed by atoms with Crippen LogP contribution in [-0.4, -0.2) is 98.6 Å². The molecule has 0 spiro atoms. The smallest absolute Gasteiger partial charge is 0.0351 e.